The minimum absolute atomic E-state index is 0.619. The Labute approximate surface area is 203 Å². The molecule has 0 radical (unpaired) electrons. The fraction of sp³-hybridized carbons (Fsp3) is 1.00. The van der Waals surface area contributed by atoms with Crippen LogP contribution < -0.4 is 0 Å². The topological polar surface area (TPSA) is 55.4 Å². The lowest BCUT2D eigenvalue weighted by Gasteiger charge is -2.30. The van der Waals surface area contributed by atoms with Crippen molar-refractivity contribution in [3.63, 3.8) is 0 Å². The van der Waals surface area contributed by atoms with E-state index in [0.29, 0.717) is 39.6 Å². The highest BCUT2D eigenvalue weighted by Crippen LogP contribution is 2.59. The van der Waals surface area contributed by atoms with Crippen molar-refractivity contribution in [3.05, 3.63) is 0 Å². The van der Waals surface area contributed by atoms with E-state index in [4.69, 9.17) is 38.4 Å². The molecule has 0 heterocycles. The van der Waals surface area contributed by atoms with Crippen LogP contribution in [0.1, 0.15) is 61.3 Å². The van der Waals surface area contributed by atoms with Crippen LogP contribution in [0.2, 0.25) is 12.1 Å². The Morgan fingerprint density at radius 2 is 0.968 bits per heavy atom. The molecule has 0 N–H and O–H groups in total. The first-order chi connectivity index (χ1) is 14.8. The van der Waals surface area contributed by atoms with E-state index in [9.17, 15) is 0 Å². The molecular weight excluding hydrogens is 487 g/mol. The first-order valence-corrected chi connectivity index (χ1v) is 20.5. The van der Waals surface area contributed by atoms with Crippen molar-refractivity contribution < 1.29 is 26.6 Å². The third-order valence-electron chi connectivity index (χ3n) is 4.60. The van der Waals surface area contributed by atoms with Gasteiger partial charge in [-0.3, -0.25) is 0 Å². The molecular formula is C20H47O6PS2Si2. The van der Waals surface area contributed by atoms with E-state index >= 15 is 0 Å². The first-order valence-electron chi connectivity index (χ1n) is 11.9. The summed E-state index contributed by atoms with van der Waals surface area (Å²) >= 11 is 8.11. The van der Waals surface area contributed by atoms with Crippen LogP contribution in [0.3, 0.4) is 0 Å². The van der Waals surface area contributed by atoms with E-state index in [1.54, 1.807) is 0 Å². The summed E-state index contributed by atoms with van der Waals surface area (Å²) in [5, 5.41) is -1.47. The summed E-state index contributed by atoms with van der Waals surface area (Å²) in [6.45, 7) is 18.0. The summed E-state index contributed by atoms with van der Waals surface area (Å²) in [4.78, 5) is 0. The maximum atomic E-state index is 6.13. The molecule has 0 aromatic rings. The van der Waals surface area contributed by atoms with Crippen molar-refractivity contribution in [2.24, 2.45) is 0 Å². The summed E-state index contributed by atoms with van der Waals surface area (Å²) in [6.07, 6.45) is 4.12. The molecule has 0 aromatic heterocycles. The van der Waals surface area contributed by atoms with E-state index in [1.807, 2.05) is 52.9 Å². The van der Waals surface area contributed by atoms with Gasteiger partial charge < -0.3 is 26.6 Å². The minimum atomic E-state index is -2.58. The summed E-state index contributed by atoms with van der Waals surface area (Å²) in [6, 6.07) is 1.69. The Bertz CT molecular complexity index is 457. The van der Waals surface area contributed by atoms with E-state index < -0.39 is 22.8 Å². The van der Waals surface area contributed by atoms with Gasteiger partial charge in [-0.05, 0) is 72.5 Å². The second-order valence-corrected chi connectivity index (χ2v) is 21.4. The molecule has 0 bridgehead atoms. The lowest BCUT2D eigenvalue weighted by molar-refractivity contribution is 0.0704. The standard InChI is InChI=1S/C20H47O6PS2Si2/c1-8-21-30(22-9-2,23-10-3)19-15-17-27(28,14-7)29-18-16-20-31(24-11-4,25-12-5)26-13-6/h8-20H2,1-7H3. The van der Waals surface area contributed by atoms with Crippen molar-refractivity contribution in [2.75, 3.05) is 57.7 Å². The van der Waals surface area contributed by atoms with Gasteiger partial charge in [0.2, 0.25) is 0 Å². The van der Waals surface area contributed by atoms with Gasteiger partial charge in [0.05, 0.1) is 0 Å². The van der Waals surface area contributed by atoms with Crippen LogP contribution in [-0.4, -0.2) is 75.3 Å². The molecule has 0 amide bonds. The molecule has 11 heteroatoms. The van der Waals surface area contributed by atoms with Gasteiger partial charge in [-0.25, -0.2) is 0 Å². The Morgan fingerprint density at radius 1 is 0.613 bits per heavy atom. The lowest BCUT2D eigenvalue weighted by atomic mass is 10.6. The zero-order chi connectivity index (χ0) is 23.6. The average Bonchev–Trinajstić information content (AvgIpc) is 2.72. The van der Waals surface area contributed by atoms with E-state index in [2.05, 4.69) is 6.92 Å². The highest BCUT2D eigenvalue weighted by Gasteiger charge is 2.41. The Kier molecular flexibility index (Phi) is 19.2. The molecule has 0 fully saturated rings. The molecule has 0 aliphatic carbocycles. The Morgan fingerprint density at radius 3 is 1.29 bits per heavy atom. The predicted octanol–water partition coefficient (Wildman–Crippen LogP) is 6.01. The van der Waals surface area contributed by atoms with Crippen LogP contribution in [0.4, 0.5) is 0 Å². The van der Waals surface area contributed by atoms with Gasteiger partial charge in [0.1, 0.15) is 0 Å². The second kappa shape index (κ2) is 18.5. The normalized spacial score (nSPS) is 14.7. The van der Waals surface area contributed by atoms with Gasteiger partial charge in [0.25, 0.3) is 0 Å². The molecule has 1 atom stereocenters. The van der Waals surface area contributed by atoms with Gasteiger partial charge in [-0.2, -0.15) is 0 Å². The number of rotatable bonds is 22. The monoisotopic (exact) mass is 534 g/mol. The number of hydrogen-bond donors (Lipinski definition) is 0. The maximum Gasteiger partial charge on any atom is 0.500 e. The van der Waals surface area contributed by atoms with Crippen LogP contribution >= 0.6 is 16.6 Å². The molecule has 31 heavy (non-hydrogen) atoms. The maximum absolute atomic E-state index is 6.13. The van der Waals surface area contributed by atoms with Gasteiger partial charge in [0, 0.05) is 57.0 Å². The quantitative estimate of drug-likeness (QED) is 0.0951. The van der Waals surface area contributed by atoms with Crippen LogP contribution in [0, 0.1) is 0 Å². The highest BCUT2D eigenvalue weighted by molar-refractivity contribution is 8.70. The Balaban J connectivity index is 4.76. The van der Waals surface area contributed by atoms with Crippen molar-refractivity contribution in [2.45, 2.75) is 73.4 Å². The molecule has 0 saturated carbocycles. The molecule has 0 aromatic carbocycles. The first kappa shape index (κ1) is 32.2. The third-order valence-corrected chi connectivity index (χ3v) is 19.4. The molecule has 0 aliphatic heterocycles. The molecule has 0 spiro atoms. The lowest BCUT2D eigenvalue weighted by Crippen LogP contribution is -2.46. The molecule has 0 aliphatic rings. The van der Waals surface area contributed by atoms with Crippen LogP contribution in [-0.2, 0) is 38.4 Å². The van der Waals surface area contributed by atoms with Crippen molar-refractivity contribution >= 4 is 46.0 Å². The molecule has 6 nitrogen and oxygen atoms in total. The zero-order valence-electron chi connectivity index (χ0n) is 20.9. The molecule has 188 valence electrons. The van der Waals surface area contributed by atoms with Gasteiger partial charge in [0.15, 0.2) is 0 Å². The van der Waals surface area contributed by atoms with Gasteiger partial charge >= 0.3 is 17.6 Å². The van der Waals surface area contributed by atoms with Crippen LogP contribution in [0.15, 0.2) is 0 Å². The largest absolute Gasteiger partial charge is 0.500 e. The highest BCUT2D eigenvalue weighted by atomic mass is 32.9. The molecule has 0 rings (SSSR count). The molecule has 0 saturated heterocycles. The van der Waals surface area contributed by atoms with Crippen molar-refractivity contribution in [1.82, 2.24) is 0 Å². The van der Waals surface area contributed by atoms with Crippen molar-refractivity contribution in [1.29, 1.82) is 0 Å². The smallest absolute Gasteiger partial charge is 0.374 e. The average molecular weight is 535 g/mol. The predicted molar refractivity (Wildman–Crippen MR) is 142 cm³/mol. The van der Waals surface area contributed by atoms with Crippen molar-refractivity contribution in [3.8, 4) is 0 Å². The summed E-state index contributed by atoms with van der Waals surface area (Å²) in [5.41, 5.74) is 0. The van der Waals surface area contributed by atoms with Gasteiger partial charge in [-0.15, -0.1) is 11.4 Å². The second-order valence-electron chi connectivity index (χ2n) is 6.86. The Hall–Kier alpha value is 1.19. The van der Waals surface area contributed by atoms with E-state index in [1.165, 1.54) is 0 Å². The summed E-state index contributed by atoms with van der Waals surface area (Å²) in [5.74, 6) is 1.03. The summed E-state index contributed by atoms with van der Waals surface area (Å²) < 4.78 is 35.9. The fourth-order valence-corrected chi connectivity index (χ4v) is 14.8. The van der Waals surface area contributed by atoms with E-state index in [-0.39, 0.29) is 0 Å². The fourth-order valence-electron chi connectivity index (χ4n) is 3.37. The van der Waals surface area contributed by atoms with Crippen LogP contribution in [0.25, 0.3) is 0 Å². The van der Waals surface area contributed by atoms with E-state index in [0.717, 1.165) is 43.0 Å². The third kappa shape index (κ3) is 13.0. The molecule has 1 unspecified atom stereocenters. The summed E-state index contributed by atoms with van der Waals surface area (Å²) in [7, 11) is -5.14. The SMILES string of the molecule is CCO[Si](CCCSP(=S)(CC)CCC[Si](OCC)(OCC)OCC)(OCC)OCC. The van der Waals surface area contributed by atoms with Gasteiger partial charge in [-0.1, -0.05) is 18.7 Å². The van der Waals surface area contributed by atoms with Crippen LogP contribution in [0.5, 0.6) is 0 Å². The number of hydrogen-bond acceptors (Lipinski definition) is 8. The minimum Gasteiger partial charge on any atom is -0.374 e. The zero-order valence-corrected chi connectivity index (χ0v) is 25.4.